The van der Waals surface area contributed by atoms with Gasteiger partial charge in [0, 0.05) is 14.1 Å². The van der Waals surface area contributed by atoms with Crippen LogP contribution in [0.15, 0.2) is 24.3 Å². The highest BCUT2D eigenvalue weighted by molar-refractivity contribution is 5.94. The molecule has 0 heterocycles. The van der Waals surface area contributed by atoms with Crippen LogP contribution in [0.3, 0.4) is 0 Å². The summed E-state index contributed by atoms with van der Waals surface area (Å²) >= 11 is 0. The summed E-state index contributed by atoms with van der Waals surface area (Å²) in [5, 5.41) is 9.54. The van der Waals surface area contributed by atoms with E-state index in [2.05, 4.69) is 4.99 Å². The van der Waals surface area contributed by atoms with Gasteiger partial charge < -0.3 is 10.0 Å². The van der Waals surface area contributed by atoms with Crippen molar-refractivity contribution in [3.63, 3.8) is 0 Å². The second kappa shape index (κ2) is 3.94. The van der Waals surface area contributed by atoms with E-state index in [-0.39, 0.29) is 5.90 Å². The average molecular weight is 179 g/mol. The number of benzene rings is 1. The second-order valence-corrected chi connectivity index (χ2v) is 3.01. The summed E-state index contributed by atoms with van der Waals surface area (Å²) in [6, 6.07) is 7.68. The Kier molecular flexibility index (Phi) is 2.90. The predicted octanol–water partition coefficient (Wildman–Crippen LogP) is -0.232. The van der Waals surface area contributed by atoms with E-state index in [4.69, 9.17) is 0 Å². The van der Waals surface area contributed by atoms with Gasteiger partial charge in [-0.15, -0.1) is 0 Å². The molecule has 0 atom stereocenters. The molecule has 0 fully saturated rings. The SMILES string of the molecule is C[NH+]=C(O)c1ccccc1N(C)C. The predicted molar refractivity (Wildman–Crippen MR) is 54.4 cm³/mol. The van der Waals surface area contributed by atoms with Crippen LogP contribution in [-0.2, 0) is 0 Å². The zero-order chi connectivity index (χ0) is 9.84. The molecule has 70 valence electrons. The molecule has 1 aromatic carbocycles. The monoisotopic (exact) mass is 179 g/mol. The average Bonchev–Trinajstić information content (AvgIpc) is 2.16. The minimum absolute atomic E-state index is 0.198. The largest absolute Gasteiger partial charge is 0.460 e. The standard InChI is InChI=1S/C10H14N2O/c1-11-10(13)8-6-4-5-7-9(8)12(2)3/h4-7H,1-3H3,(H,11,13)/p+1. The molecular weight excluding hydrogens is 164 g/mol. The van der Waals surface area contributed by atoms with Crippen LogP contribution >= 0.6 is 0 Å². The van der Waals surface area contributed by atoms with Gasteiger partial charge in [-0.1, -0.05) is 12.1 Å². The van der Waals surface area contributed by atoms with Crippen LogP contribution in [-0.4, -0.2) is 32.1 Å². The lowest BCUT2D eigenvalue weighted by molar-refractivity contribution is -0.429. The van der Waals surface area contributed by atoms with E-state index in [1.54, 1.807) is 7.05 Å². The maximum absolute atomic E-state index is 9.54. The summed E-state index contributed by atoms with van der Waals surface area (Å²) in [4.78, 5) is 4.68. The Balaban J connectivity index is 3.20. The van der Waals surface area contributed by atoms with Crippen molar-refractivity contribution in [1.82, 2.24) is 0 Å². The number of aliphatic hydroxyl groups is 1. The molecule has 0 aliphatic rings. The molecule has 1 rings (SSSR count). The van der Waals surface area contributed by atoms with Gasteiger partial charge in [0.25, 0.3) is 0 Å². The first-order valence-corrected chi connectivity index (χ1v) is 4.17. The number of nitrogens with zero attached hydrogens (tertiary/aromatic N) is 1. The molecule has 0 saturated heterocycles. The first kappa shape index (κ1) is 9.58. The fourth-order valence-corrected chi connectivity index (χ4v) is 1.20. The summed E-state index contributed by atoms with van der Waals surface area (Å²) in [7, 11) is 5.59. The molecule has 0 spiro atoms. The number of para-hydroxylation sites is 1. The van der Waals surface area contributed by atoms with Gasteiger partial charge in [-0.05, 0) is 12.1 Å². The van der Waals surface area contributed by atoms with E-state index in [9.17, 15) is 5.11 Å². The summed E-state index contributed by atoms with van der Waals surface area (Å²) in [6.45, 7) is 0. The van der Waals surface area contributed by atoms with Gasteiger partial charge in [-0.3, -0.25) is 0 Å². The Morgan fingerprint density at radius 2 is 1.92 bits per heavy atom. The molecule has 0 amide bonds. The van der Waals surface area contributed by atoms with Crippen molar-refractivity contribution in [2.24, 2.45) is 0 Å². The minimum Gasteiger partial charge on any atom is -0.460 e. The third kappa shape index (κ3) is 1.99. The first-order valence-electron chi connectivity index (χ1n) is 4.17. The number of hydrogen-bond acceptors (Lipinski definition) is 1. The zero-order valence-corrected chi connectivity index (χ0v) is 8.20. The third-order valence-electron chi connectivity index (χ3n) is 1.88. The van der Waals surface area contributed by atoms with Gasteiger partial charge in [0.2, 0.25) is 0 Å². The van der Waals surface area contributed by atoms with Crippen molar-refractivity contribution < 1.29 is 10.1 Å². The van der Waals surface area contributed by atoms with Gasteiger partial charge in [0.15, 0.2) is 0 Å². The summed E-state index contributed by atoms with van der Waals surface area (Å²) in [5.41, 5.74) is 1.81. The molecule has 2 N–H and O–H groups in total. The van der Waals surface area contributed by atoms with Crippen molar-refractivity contribution in [3.8, 4) is 0 Å². The zero-order valence-electron chi connectivity index (χ0n) is 8.20. The number of anilines is 1. The molecule has 1 aromatic rings. The van der Waals surface area contributed by atoms with E-state index >= 15 is 0 Å². The highest BCUT2D eigenvalue weighted by Gasteiger charge is 2.11. The molecule has 0 saturated carbocycles. The summed E-state index contributed by atoms with van der Waals surface area (Å²) < 4.78 is 0. The number of hydrogen-bond donors (Lipinski definition) is 2. The number of rotatable bonds is 2. The Morgan fingerprint density at radius 1 is 1.31 bits per heavy atom. The van der Waals surface area contributed by atoms with E-state index in [0.717, 1.165) is 11.3 Å². The fourth-order valence-electron chi connectivity index (χ4n) is 1.20. The van der Waals surface area contributed by atoms with E-state index in [1.807, 2.05) is 43.3 Å². The van der Waals surface area contributed by atoms with Gasteiger partial charge in [-0.25, -0.2) is 4.99 Å². The topological polar surface area (TPSA) is 37.4 Å². The fraction of sp³-hybridized carbons (Fsp3) is 0.300. The molecular formula is C10H15N2O+. The van der Waals surface area contributed by atoms with Crippen LogP contribution in [0, 0.1) is 0 Å². The molecule has 0 unspecified atom stereocenters. The molecule has 0 bridgehead atoms. The first-order chi connectivity index (χ1) is 6.16. The smallest absolute Gasteiger partial charge is 0.367 e. The van der Waals surface area contributed by atoms with Crippen molar-refractivity contribution in [3.05, 3.63) is 29.8 Å². The molecule has 3 heteroatoms. The van der Waals surface area contributed by atoms with Crippen LogP contribution in [0.2, 0.25) is 0 Å². The molecule has 0 aromatic heterocycles. The van der Waals surface area contributed by atoms with Crippen molar-refractivity contribution in [1.29, 1.82) is 0 Å². The van der Waals surface area contributed by atoms with Crippen LogP contribution in [0.1, 0.15) is 5.56 Å². The van der Waals surface area contributed by atoms with Crippen LogP contribution < -0.4 is 9.89 Å². The lowest BCUT2D eigenvalue weighted by Crippen LogP contribution is -2.68. The molecule has 0 aliphatic carbocycles. The second-order valence-electron chi connectivity index (χ2n) is 3.01. The van der Waals surface area contributed by atoms with Crippen LogP contribution in [0.4, 0.5) is 5.69 Å². The Bertz CT molecular complexity index is 318. The van der Waals surface area contributed by atoms with Crippen molar-refractivity contribution >= 4 is 11.6 Å². The highest BCUT2D eigenvalue weighted by Crippen LogP contribution is 2.16. The van der Waals surface area contributed by atoms with Gasteiger partial charge in [0.1, 0.15) is 12.6 Å². The van der Waals surface area contributed by atoms with Crippen molar-refractivity contribution in [2.45, 2.75) is 0 Å². The molecule has 3 nitrogen and oxygen atoms in total. The summed E-state index contributed by atoms with van der Waals surface area (Å²) in [5.74, 6) is 0.198. The van der Waals surface area contributed by atoms with Crippen LogP contribution in [0.5, 0.6) is 0 Å². The maximum atomic E-state index is 9.54. The Labute approximate surface area is 78.3 Å². The van der Waals surface area contributed by atoms with Crippen LogP contribution in [0.25, 0.3) is 0 Å². The number of aliphatic hydroxyl groups excluding tert-OH is 1. The summed E-state index contributed by atoms with van der Waals surface area (Å²) in [6.07, 6.45) is 0. The van der Waals surface area contributed by atoms with Gasteiger partial charge in [0.05, 0.1) is 5.69 Å². The minimum atomic E-state index is 0.198. The highest BCUT2D eigenvalue weighted by atomic mass is 16.3. The van der Waals surface area contributed by atoms with E-state index in [1.165, 1.54) is 0 Å². The van der Waals surface area contributed by atoms with Crippen molar-refractivity contribution in [2.75, 3.05) is 26.0 Å². The molecule has 13 heavy (non-hydrogen) atoms. The quantitative estimate of drug-likeness (QED) is 0.486. The van der Waals surface area contributed by atoms with Gasteiger partial charge >= 0.3 is 5.90 Å². The number of nitrogens with one attached hydrogen (secondary N) is 1. The molecule has 0 aliphatic heterocycles. The lowest BCUT2D eigenvalue weighted by atomic mass is 10.1. The normalized spacial score (nSPS) is 11.5. The van der Waals surface area contributed by atoms with E-state index in [0.29, 0.717) is 0 Å². The Morgan fingerprint density at radius 3 is 2.46 bits per heavy atom. The molecule has 0 radical (unpaired) electrons. The maximum Gasteiger partial charge on any atom is 0.367 e. The third-order valence-corrected chi connectivity index (χ3v) is 1.88. The lowest BCUT2D eigenvalue weighted by Gasteiger charge is -2.14. The van der Waals surface area contributed by atoms with E-state index < -0.39 is 0 Å². The Hall–Kier alpha value is -1.51. The van der Waals surface area contributed by atoms with Gasteiger partial charge in [-0.2, -0.15) is 0 Å².